The standard InChI is InChI=1S/C13H18FNO3S/c1-13(2)6-10(13)7-15-19(17,18)11-3-4-12(14)9(5-11)8-16/h3-5,10,15-16H,6-8H2,1-2H3. The van der Waals surface area contributed by atoms with Crippen LogP contribution in [0.4, 0.5) is 4.39 Å². The van der Waals surface area contributed by atoms with E-state index in [1.54, 1.807) is 0 Å². The Kier molecular flexibility index (Phi) is 3.68. The summed E-state index contributed by atoms with van der Waals surface area (Å²) in [7, 11) is -3.64. The molecule has 0 radical (unpaired) electrons. The Balaban J connectivity index is 2.11. The lowest BCUT2D eigenvalue weighted by atomic mass is 10.1. The van der Waals surface area contributed by atoms with E-state index in [1.807, 2.05) is 0 Å². The van der Waals surface area contributed by atoms with Crippen LogP contribution in [0.15, 0.2) is 23.1 Å². The van der Waals surface area contributed by atoms with Crippen molar-refractivity contribution in [1.29, 1.82) is 0 Å². The molecule has 1 atom stereocenters. The molecular formula is C13H18FNO3S. The predicted octanol–water partition coefficient (Wildman–Crippen LogP) is 1.64. The van der Waals surface area contributed by atoms with Crippen molar-refractivity contribution < 1.29 is 17.9 Å². The molecule has 0 heterocycles. The summed E-state index contributed by atoms with van der Waals surface area (Å²) in [6, 6.07) is 3.42. The van der Waals surface area contributed by atoms with Gasteiger partial charge in [-0.1, -0.05) is 13.8 Å². The fourth-order valence-corrected chi connectivity index (χ4v) is 3.19. The highest BCUT2D eigenvalue weighted by molar-refractivity contribution is 7.89. The molecule has 0 saturated heterocycles. The Morgan fingerprint density at radius 3 is 2.63 bits per heavy atom. The molecule has 6 heteroatoms. The van der Waals surface area contributed by atoms with E-state index in [1.165, 1.54) is 6.07 Å². The fraction of sp³-hybridized carbons (Fsp3) is 0.538. The molecule has 0 amide bonds. The van der Waals surface area contributed by atoms with Crippen molar-refractivity contribution in [2.75, 3.05) is 6.54 Å². The quantitative estimate of drug-likeness (QED) is 0.865. The van der Waals surface area contributed by atoms with E-state index in [2.05, 4.69) is 18.6 Å². The predicted molar refractivity (Wildman–Crippen MR) is 69.4 cm³/mol. The molecule has 2 rings (SSSR count). The van der Waals surface area contributed by atoms with Crippen LogP contribution in [0.1, 0.15) is 25.8 Å². The molecule has 19 heavy (non-hydrogen) atoms. The normalized spacial score (nSPS) is 21.4. The van der Waals surface area contributed by atoms with Crippen LogP contribution in [0.2, 0.25) is 0 Å². The van der Waals surface area contributed by atoms with E-state index in [0.29, 0.717) is 12.5 Å². The van der Waals surface area contributed by atoms with Gasteiger partial charge >= 0.3 is 0 Å². The zero-order valence-electron chi connectivity index (χ0n) is 11.0. The van der Waals surface area contributed by atoms with Gasteiger partial charge in [0.05, 0.1) is 11.5 Å². The van der Waals surface area contributed by atoms with Gasteiger partial charge in [-0.15, -0.1) is 0 Å². The number of halogens is 1. The minimum atomic E-state index is -3.64. The Labute approximate surface area is 112 Å². The summed E-state index contributed by atoms with van der Waals surface area (Å²) in [6.07, 6.45) is 1.00. The van der Waals surface area contributed by atoms with Crippen molar-refractivity contribution in [2.24, 2.45) is 11.3 Å². The van der Waals surface area contributed by atoms with Crippen LogP contribution in [-0.2, 0) is 16.6 Å². The first-order chi connectivity index (χ1) is 8.76. The van der Waals surface area contributed by atoms with E-state index in [0.717, 1.165) is 18.6 Å². The highest BCUT2D eigenvalue weighted by atomic mass is 32.2. The Morgan fingerprint density at radius 1 is 1.47 bits per heavy atom. The van der Waals surface area contributed by atoms with E-state index in [9.17, 15) is 12.8 Å². The van der Waals surface area contributed by atoms with Crippen molar-refractivity contribution in [2.45, 2.75) is 31.8 Å². The van der Waals surface area contributed by atoms with Gasteiger partial charge in [-0.25, -0.2) is 17.5 Å². The Bertz CT molecular complexity index is 584. The van der Waals surface area contributed by atoms with Gasteiger partial charge < -0.3 is 5.11 Å². The van der Waals surface area contributed by atoms with Gasteiger partial charge in [-0.3, -0.25) is 0 Å². The fourth-order valence-electron chi connectivity index (χ4n) is 2.06. The SMILES string of the molecule is CC1(C)CC1CNS(=O)(=O)c1ccc(F)c(CO)c1. The average Bonchev–Trinajstić information content (AvgIpc) is 2.95. The van der Waals surface area contributed by atoms with E-state index >= 15 is 0 Å². The summed E-state index contributed by atoms with van der Waals surface area (Å²) in [4.78, 5) is -0.0172. The molecule has 1 aromatic carbocycles. The first kappa shape index (κ1) is 14.4. The topological polar surface area (TPSA) is 66.4 Å². The molecule has 1 unspecified atom stereocenters. The van der Waals surface area contributed by atoms with Gasteiger partial charge in [0.15, 0.2) is 0 Å². The second-order valence-electron chi connectivity index (χ2n) is 5.65. The number of benzene rings is 1. The smallest absolute Gasteiger partial charge is 0.240 e. The Hall–Kier alpha value is -0.980. The second kappa shape index (κ2) is 4.85. The zero-order valence-corrected chi connectivity index (χ0v) is 11.8. The van der Waals surface area contributed by atoms with E-state index in [-0.39, 0.29) is 15.9 Å². The minimum Gasteiger partial charge on any atom is -0.392 e. The van der Waals surface area contributed by atoms with Crippen molar-refractivity contribution in [3.8, 4) is 0 Å². The lowest BCUT2D eigenvalue weighted by Gasteiger charge is -2.09. The second-order valence-corrected chi connectivity index (χ2v) is 7.42. The molecule has 0 bridgehead atoms. The molecule has 106 valence electrons. The maximum absolute atomic E-state index is 13.2. The third kappa shape index (κ3) is 3.13. The summed E-state index contributed by atoms with van der Waals surface area (Å²) in [5, 5.41) is 8.95. The first-order valence-electron chi connectivity index (χ1n) is 6.15. The van der Waals surface area contributed by atoms with E-state index < -0.39 is 22.4 Å². The number of sulfonamides is 1. The third-order valence-corrected chi connectivity index (χ3v) is 5.16. The number of aliphatic hydroxyl groups excluding tert-OH is 1. The van der Waals surface area contributed by atoms with Crippen LogP contribution in [-0.4, -0.2) is 20.1 Å². The van der Waals surface area contributed by atoms with Crippen LogP contribution in [0, 0.1) is 17.2 Å². The van der Waals surface area contributed by atoms with Crippen molar-refractivity contribution in [1.82, 2.24) is 4.72 Å². The van der Waals surface area contributed by atoms with Crippen LogP contribution in [0.5, 0.6) is 0 Å². The molecule has 1 fully saturated rings. The summed E-state index contributed by atoms with van der Waals surface area (Å²) < 4.78 is 39.8. The first-order valence-corrected chi connectivity index (χ1v) is 7.63. The molecular weight excluding hydrogens is 269 g/mol. The van der Waals surface area contributed by atoms with E-state index in [4.69, 9.17) is 5.11 Å². The summed E-state index contributed by atoms with van der Waals surface area (Å²) in [5.41, 5.74) is 0.177. The molecule has 1 aliphatic rings. The van der Waals surface area contributed by atoms with Crippen molar-refractivity contribution >= 4 is 10.0 Å². The van der Waals surface area contributed by atoms with Crippen LogP contribution in [0.25, 0.3) is 0 Å². The van der Waals surface area contributed by atoms with Gasteiger partial charge in [0.25, 0.3) is 0 Å². The van der Waals surface area contributed by atoms with Crippen molar-refractivity contribution in [3.63, 3.8) is 0 Å². The number of hydrogen-bond acceptors (Lipinski definition) is 3. The monoisotopic (exact) mass is 287 g/mol. The molecule has 1 aliphatic carbocycles. The Morgan fingerprint density at radius 2 is 2.11 bits per heavy atom. The largest absolute Gasteiger partial charge is 0.392 e. The number of hydrogen-bond donors (Lipinski definition) is 2. The summed E-state index contributed by atoms with van der Waals surface area (Å²) in [5.74, 6) is -0.259. The number of nitrogens with one attached hydrogen (secondary N) is 1. The van der Waals surface area contributed by atoms with Crippen molar-refractivity contribution in [3.05, 3.63) is 29.6 Å². The minimum absolute atomic E-state index is 0.0172. The number of aliphatic hydroxyl groups is 1. The summed E-state index contributed by atoms with van der Waals surface area (Å²) >= 11 is 0. The van der Waals surface area contributed by atoms with Gasteiger partial charge in [0, 0.05) is 12.1 Å². The van der Waals surface area contributed by atoms with Gasteiger partial charge in [-0.05, 0) is 36.0 Å². The highest BCUT2D eigenvalue weighted by Gasteiger charge is 2.45. The summed E-state index contributed by atoms with van der Waals surface area (Å²) in [6.45, 7) is 4.05. The molecule has 0 aromatic heterocycles. The third-order valence-electron chi connectivity index (χ3n) is 3.74. The van der Waals surface area contributed by atoms with Crippen LogP contribution < -0.4 is 4.72 Å². The van der Waals surface area contributed by atoms with Crippen LogP contribution in [0.3, 0.4) is 0 Å². The molecule has 1 aromatic rings. The molecule has 0 aliphatic heterocycles. The molecule has 4 nitrogen and oxygen atoms in total. The van der Waals surface area contributed by atoms with Gasteiger partial charge in [0.2, 0.25) is 10.0 Å². The number of rotatable bonds is 5. The maximum atomic E-state index is 13.2. The zero-order chi connectivity index (χ0) is 14.3. The van der Waals surface area contributed by atoms with Gasteiger partial charge in [-0.2, -0.15) is 0 Å². The lowest BCUT2D eigenvalue weighted by molar-refractivity contribution is 0.275. The van der Waals surface area contributed by atoms with Gasteiger partial charge in [0.1, 0.15) is 5.82 Å². The molecule has 2 N–H and O–H groups in total. The lowest BCUT2D eigenvalue weighted by Crippen LogP contribution is -2.27. The average molecular weight is 287 g/mol. The molecule has 0 spiro atoms. The molecule has 1 saturated carbocycles. The highest BCUT2D eigenvalue weighted by Crippen LogP contribution is 2.51. The van der Waals surface area contributed by atoms with Crippen LogP contribution >= 0.6 is 0 Å². The maximum Gasteiger partial charge on any atom is 0.240 e.